The molecule has 0 aliphatic carbocycles. The number of anilines is 1. The molecule has 3 aromatic rings. The van der Waals surface area contributed by atoms with Gasteiger partial charge in [-0.3, -0.25) is 9.59 Å². The Morgan fingerprint density at radius 2 is 1.83 bits per heavy atom. The second-order valence-corrected chi connectivity index (χ2v) is 5.57. The fraction of sp³-hybridized carbons (Fsp3) is 0.222. The van der Waals surface area contributed by atoms with Crippen molar-refractivity contribution < 1.29 is 4.79 Å². The van der Waals surface area contributed by atoms with Crippen LogP contribution < -0.4 is 10.9 Å². The Balaban J connectivity index is 1.77. The maximum absolute atomic E-state index is 12.2. The quantitative estimate of drug-likeness (QED) is 0.805. The second-order valence-electron chi connectivity index (χ2n) is 5.57. The second kappa shape index (κ2) is 6.12. The zero-order valence-corrected chi connectivity index (χ0v) is 13.2. The molecule has 0 aliphatic heterocycles. The molecule has 0 bridgehead atoms. The van der Waals surface area contributed by atoms with Crippen LogP contribution in [-0.4, -0.2) is 15.0 Å². The number of carbonyl (C=O) groups excluding carboxylic acids is 1. The summed E-state index contributed by atoms with van der Waals surface area (Å²) in [5.41, 5.74) is 2.72. The van der Waals surface area contributed by atoms with Crippen molar-refractivity contribution in [2.24, 2.45) is 7.05 Å². The Labute approximate surface area is 134 Å². The van der Waals surface area contributed by atoms with Gasteiger partial charge >= 0.3 is 0 Å². The highest BCUT2D eigenvalue weighted by atomic mass is 16.2. The number of nitrogens with one attached hydrogen (secondary N) is 1. The van der Waals surface area contributed by atoms with E-state index < -0.39 is 0 Å². The van der Waals surface area contributed by atoms with Crippen molar-refractivity contribution in [3.05, 3.63) is 64.7 Å². The van der Waals surface area contributed by atoms with E-state index in [4.69, 9.17) is 0 Å². The molecule has 0 saturated heterocycles. The highest BCUT2D eigenvalue weighted by Crippen LogP contribution is 2.13. The number of carbonyl (C=O) groups is 1. The zero-order valence-electron chi connectivity index (χ0n) is 13.2. The smallest absolute Gasteiger partial charge is 0.259 e. The first-order valence-electron chi connectivity index (χ1n) is 7.61. The van der Waals surface area contributed by atoms with E-state index in [0.717, 1.165) is 17.6 Å². The van der Waals surface area contributed by atoms with Crippen LogP contribution in [0.15, 0.2) is 53.6 Å². The molecule has 3 rings (SSSR count). The van der Waals surface area contributed by atoms with Crippen molar-refractivity contribution in [2.75, 3.05) is 5.32 Å². The third-order valence-corrected chi connectivity index (χ3v) is 3.97. The van der Waals surface area contributed by atoms with Gasteiger partial charge in [-0.2, -0.15) is 0 Å². The summed E-state index contributed by atoms with van der Waals surface area (Å²) in [7, 11) is 1.71. The van der Waals surface area contributed by atoms with Crippen LogP contribution in [-0.2, 0) is 24.8 Å². The first-order valence-corrected chi connectivity index (χ1v) is 7.61. The molecule has 0 spiro atoms. The number of pyridine rings is 1. The molecular weight excluding hydrogens is 290 g/mol. The van der Waals surface area contributed by atoms with Gasteiger partial charge in [0.2, 0.25) is 5.91 Å². The molecule has 0 aliphatic rings. The Hall–Kier alpha value is -2.82. The Kier molecular flexibility index (Phi) is 4.02. The number of nitrogens with zero attached hydrogens (tertiary/aromatic N) is 2. The molecule has 2 aromatic heterocycles. The lowest BCUT2D eigenvalue weighted by atomic mass is 10.1. The normalized spacial score (nSPS) is 10.9. The first kappa shape index (κ1) is 15.1. The highest BCUT2D eigenvalue weighted by molar-refractivity contribution is 5.91. The molecule has 2 heterocycles. The van der Waals surface area contributed by atoms with Gasteiger partial charge in [0.25, 0.3) is 5.56 Å². The summed E-state index contributed by atoms with van der Waals surface area (Å²) in [6.07, 6.45) is 4.45. The molecule has 0 radical (unpaired) electrons. The molecule has 23 heavy (non-hydrogen) atoms. The van der Waals surface area contributed by atoms with Crippen molar-refractivity contribution >= 4 is 22.5 Å². The minimum Gasteiger partial charge on any atom is -0.338 e. The van der Waals surface area contributed by atoms with Crippen molar-refractivity contribution in [1.29, 1.82) is 0 Å². The summed E-state index contributed by atoms with van der Waals surface area (Å²) >= 11 is 0. The molecule has 0 unspecified atom stereocenters. The van der Waals surface area contributed by atoms with Gasteiger partial charge in [0.15, 0.2) is 0 Å². The predicted octanol–water partition coefficient (Wildman–Crippen LogP) is 2.54. The average molecular weight is 309 g/mol. The van der Waals surface area contributed by atoms with E-state index in [9.17, 15) is 9.59 Å². The number of aryl methyl sites for hydroxylation is 2. The number of fused-ring (bicyclic) bond motifs is 1. The van der Waals surface area contributed by atoms with Gasteiger partial charge in [0, 0.05) is 25.1 Å². The lowest BCUT2D eigenvalue weighted by Gasteiger charge is -2.08. The van der Waals surface area contributed by atoms with Crippen molar-refractivity contribution in [2.45, 2.75) is 19.9 Å². The summed E-state index contributed by atoms with van der Waals surface area (Å²) in [6.45, 7) is 2.27. The van der Waals surface area contributed by atoms with Crippen molar-refractivity contribution in [3.8, 4) is 0 Å². The summed E-state index contributed by atoms with van der Waals surface area (Å²) in [5, 5.41) is 3.50. The van der Waals surface area contributed by atoms with E-state index in [-0.39, 0.29) is 18.0 Å². The van der Waals surface area contributed by atoms with E-state index in [1.807, 2.05) is 30.3 Å². The average Bonchev–Trinajstić information content (AvgIpc) is 2.95. The Bertz CT molecular complexity index is 904. The van der Waals surface area contributed by atoms with Gasteiger partial charge in [-0.25, -0.2) is 0 Å². The van der Waals surface area contributed by atoms with Crippen molar-refractivity contribution in [3.63, 3.8) is 0 Å². The molecule has 0 atom stereocenters. The van der Waals surface area contributed by atoms with Gasteiger partial charge in [0.05, 0.1) is 10.9 Å². The molecule has 5 nitrogen and oxygen atoms in total. The molecule has 0 fully saturated rings. The van der Waals surface area contributed by atoms with Crippen molar-refractivity contribution in [1.82, 2.24) is 9.13 Å². The molecule has 118 valence electrons. The molecular formula is C18H19N3O2. The maximum atomic E-state index is 12.2. The van der Waals surface area contributed by atoms with Gasteiger partial charge in [0.1, 0.15) is 6.54 Å². The van der Waals surface area contributed by atoms with Gasteiger partial charge in [-0.1, -0.05) is 19.1 Å². The third-order valence-electron chi connectivity index (χ3n) is 3.97. The minimum absolute atomic E-state index is 0.0585. The monoisotopic (exact) mass is 309 g/mol. The number of rotatable bonds is 4. The van der Waals surface area contributed by atoms with Gasteiger partial charge in [-0.15, -0.1) is 0 Å². The number of hydrogen-bond donors (Lipinski definition) is 1. The summed E-state index contributed by atoms with van der Waals surface area (Å²) in [5.74, 6) is -0.118. The molecule has 1 amide bonds. The Morgan fingerprint density at radius 3 is 2.52 bits per heavy atom. The fourth-order valence-electron chi connectivity index (χ4n) is 2.61. The molecule has 1 aromatic carbocycles. The fourth-order valence-corrected chi connectivity index (χ4v) is 2.61. The van der Waals surface area contributed by atoms with Crippen LogP contribution in [0.3, 0.4) is 0 Å². The van der Waals surface area contributed by atoms with E-state index in [1.165, 1.54) is 10.1 Å². The summed E-state index contributed by atoms with van der Waals surface area (Å²) in [4.78, 5) is 24.2. The standard InChI is InChI=1S/C18H19N3O2/c1-3-13-4-6-14(7-5-13)19-17(22)12-21-11-8-15-16(21)9-10-20(2)18(15)23/h4-11H,3,12H2,1-2H3,(H,19,22). The van der Waals surface area contributed by atoms with Crippen LogP contribution in [0.2, 0.25) is 0 Å². The van der Waals surface area contributed by atoms with Crippen LogP contribution in [0.1, 0.15) is 12.5 Å². The lowest BCUT2D eigenvalue weighted by Crippen LogP contribution is -2.19. The van der Waals surface area contributed by atoms with Crippen LogP contribution in [0.25, 0.3) is 10.9 Å². The predicted molar refractivity (Wildman–Crippen MR) is 91.6 cm³/mol. The Morgan fingerprint density at radius 1 is 1.09 bits per heavy atom. The van der Waals surface area contributed by atoms with E-state index in [0.29, 0.717) is 5.39 Å². The zero-order chi connectivity index (χ0) is 16.4. The maximum Gasteiger partial charge on any atom is 0.259 e. The number of benzene rings is 1. The summed E-state index contributed by atoms with van der Waals surface area (Å²) < 4.78 is 3.31. The highest BCUT2D eigenvalue weighted by Gasteiger charge is 2.09. The van der Waals surface area contributed by atoms with Crippen LogP contribution >= 0.6 is 0 Å². The molecule has 1 N–H and O–H groups in total. The molecule has 0 saturated carbocycles. The van der Waals surface area contributed by atoms with E-state index in [2.05, 4.69) is 12.2 Å². The topological polar surface area (TPSA) is 56.0 Å². The SMILES string of the molecule is CCc1ccc(NC(=O)Cn2ccc3c(=O)n(C)ccc32)cc1. The van der Waals surface area contributed by atoms with Gasteiger partial charge in [-0.05, 0) is 36.2 Å². The van der Waals surface area contributed by atoms with Crippen LogP contribution in [0.4, 0.5) is 5.69 Å². The largest absolute Gasteiger partial charge is 0.338 e. The van der Waals surface area contributed by atoms with Crippen LogP contribution in [0, 0.1) is 0 Å². The first-order chi connectivity index (χ1) is 11.1. The van der Waals surface area contributed by atoms with E-state index >= 15 is 0 Å². The lowest BCUT2D eigenvalue weighted by molar-refractivity contribution is -0.116. The number of hydrogen-bond acceptors (Lipinski definition) is 2. The third kappa shape index (κ3) is 3.04. The summed E-state index contributed by atoms with van der Waals surface area (Å²) in [6, 6.07) is 11.4. The number of aromatic nitrogens is 2. The van der Waals surface area contributed by atoms with Gasteiger partial charge < -0.3 is 14.5 Å². The molecule has 5 heteroatoms. The number of amides is 1. The minimum atomic E-state index is -0.118. The van der Waals surface area contributed by atoms with Crippen LogP contribution in [0.5, 0.6) is 0 Å². The van der Waals surface area contributed by atoms with E-state index in [1.54, 1.807) is 30.1 Å².